The minimum atomic E-state index is -0.611. The van der Waals surface area contributed by atoms with Crippen LogP contribution >= 0.6 is 0 Å². The first kappa shape index (κ1) is 25.2. The average molecular weight is 516 g/mol. The number of nitrogens with one attached hydrogen (secondary N) is 2. The number of rotatable bonds is 7. The number of aromatic nitrogens is 3. The van der Waals surface area contributed by atoms with Gasteiger partial charge in [-0.2, -0.15) is 5.10 Å². The quantitative estimate of drug-likeness (QED) is 0.352. The Morgan fingerprint density at radius 3 is 2.68 bits per heavy atom. The van der Waals surface area contributed by atoms with E-state index in [1.54, 1.807) is 35.3 Å². The van der Waals surface area contributed by atoms with Crippen LogP contribution in [-0.2, 0) is 7.05 Å². The van der Waals surface area contributed by atoms with Crippen molar-refractivity contribution in [2.75, 3.05) is 42.7 Å². The van der Waals surface area contributed by atoms with Crippen molar-refractivity contribution in [2.24, 2.45) is 7.05 Å². The number of aryl methyl sites for hydroxylation is 1. The van der Waals surface area contributed by atoms with E-state index < -0.39 is 11.8 Å². The first-order valence-corrected chi connectivity index (χ1v) is 12.4. The topological polar surface area (TPSA) is 87.6 Å². The molecule has 0 radical (unpaired) electrons. The molecule has 1 aliphatic heterocycles. The van der Waals surface area contributed by atoms with Gasteiger partial charge in [0.25, 0.3) is 0 Å². The Morgan fingerprint density at radius 2 is 1.95 bits per heavy atom. The van der Waals surface area contributed by atoms with Gasteiger partial charge >= 0.3 is 6.03 Å². The maximum Gasteiger partial charge on any atom is 0.323 e. The predicted octanol–water partition coefficient (Wildman–Crippen LogP) is 5.20. The highest BCUT2D eigenvalue weighted by Gasteiger charge is 2.24. The van der Waals surface area contributed by atoms with Crippen molar-refractivity contribution < 1.29 is 13.9 Å². The molecule has 1 fully saturated rings. The van der Waals surface area contributed by atoms with Crippen molar-refractivity contribution in [1.29, 1.82) is 0 Å². The van der Waals surface area contributed by atoms with Crippen LogP contribution in [0.15, 0.2) is 73.2 Å². The monoisotopic (exact) mass is 515 g/mol. The largest absolute Gasteiger partial charge is 0.457 e. The van der Waals surface area contributed by atoms with Crippen LogP contribution in [0.4, 0.5) is 26.2 Å². The van der Waals surface area contributed by atoms with Gasteiger partial charge in [-0.1, -0.05) is 6.07 Å². The van der Waals surface area contributed by atoms with Gasteiger partial charge in [0.15, 0.2) is 0 Å². The molecular formula is C28H30FN7O2. The number of hydrogen-bond acceptors (Lipinski definition) is 6. The summed E-state index contributed by atoms with van der Waals surface area (Å²) in [5.74, 6) is 0.192. The van der Waals surface area contributed by atoms with E-state index in [1.807, 2.05) is 37.5 Å². The van der Waals surface area contributed by atoms with E-state index in [2.05, 4.69) is 44.6 Å². The fourth-order valence-corrected chi connectivity index (χ4v) is 4.45. The van der Waals surface area contributed by atoms with Crippen LogP contribution < -0.4 is 20.3 Å². The second kappa shape index (κ2) is 10.9. The summed E-state index contributed by atoms with van der Waals surface area (Å²) in [6.45, 7) is 1.90. The molecule has 38 heavy (non-hydrogen) atoms. The molecule has 4 aromatic rings. The van der Waals surface area contributed by atoms with Gasteiger partial charge in [-0.15, -0.1) is 0 Å². The lowest BCUT2D eigenvalue weighted by atomic mass is 10.2. The molecule has 2 aromatic heterocycles. The van der Waals surface area contributed by atoms with Gasteiger partial charge in [-0.25, -0.2) is 9.18 Å². The van der Waals surface area contributed by atoms with Crippen molar-refractivity contribution in [3.63, 3.8) is 0 Å². The molecule has 9 nitrogen and oxygen atoms in total. The number of carbonyl (C=O) groups excluding carboxylic acids is 1. The highest BCUT2D eigenvalue weighted by atomic mass is 19.1. The summed E-state index contributed by atoms with van der Waals surface area (Å²) < 4.78 is 22.3. The predicted molar refractivity (Wildman–Crippen MR) is 146 cm³/mol. The van der Waals surface area contributed by atoms with Crippen LogP contribution in [-0.4, -0.2) is 58.9 Å². The maximum absolute atomic E-state index is 14.8. The molecule has 2 N–H and O–H groups in total. The smallest absolute Gasteiger partial charge is 0.323 e. The first-order valence-electron chi connectivity index (χ1n) is 12.4. The van der Waals surface area contributed by atoms with Crippen LogP contribution in [0.5, 0.6) is 11.5 Å². The Balaban J connectivity index is 1.20. The minimum Gasteiger partial charge on any atom is -0.457 e. The molecule has 0 spiro atoms. The zero-order valence-electron chi connectivity index (χ0n) is 21.6. The van der Waals surface area contributed by atoms with Crippen LogP contribution in [0.25, 0.3) is 11.3 Å². The molecule has 10 heteroatoms. The summed E-state index contributed by atoms with van der Waals surface area (Å²) in [5, 5.41) is 9.52. The summed E-state index contributed by atoms with van der Waals surface area (Å²) >= 11 is 0. The number of hydrogen-bond donors (Lipinski definition) is 2. The molecule has 1 saturated heterocycles. The number of urea groups is 1. The molecule has 2 aromatic carbocycles. The van der Waals surface area contributed by atoms with E-state index in [-0.39, 0.29) is 5.69 Å². The van der Waals surface area contributed by atoms with E-state index in [0.717, 1.165) is 30.8 Å². The van der Waals surface area contributed by atoms with Gasteiger partial charge in [0.1, 0.15) is 17.3 Å². The van der Waals surface area contributed by atoms with Crippen molar-refractivity contribution in [3.05, 3.63) is 79.0 Å². The number of halogens is 1. The zero-order chi connectivity index (χ0) is 26.6. The second-order valence-corrected chi connectivity index (χ2v) is 9.50. The Kier molecular flexibility index (Phi) is 7.23. The van der Waals surface area contributed by atoms with Crippen LogP contribution in [0.3, 0.4) is 0 Å². The zero-order valence-corrected chi connectivity index (χ0v) is 21.6. The molecule has 2 amide bonds. The normalized spacial score (nSPS) is 15.1. The molecule has 1 atom stereocenters. The van der Waals surface area contributed by atoms with Gasteiger partial charge in [-0.3, -0.25) is 9.67 Å². The number of likely N-dealkylation sites (N-methyl/N-ethyl adjacent to an activating group) is 1. The van der Waals surface area contributed by atoms with Crippen molar-refractivity contribution in [1.82, 2.24) is 19.7 Å². The SMILES string of the molecule is CN(C)C1CCN(c2cccc(NC(=O)Nc3ccc(Oc4ccnc(-c5cnn(C)c5)c4)cc3F)c2)C1. The number of nitrogens with zero attached hydrogens (tertiary/aromatic N) is 5. The third kappa shape index (κ3) is 5.92. The number of carbonyl (C=O) groups is 1. The molecule has 196 valence electrons. The van der Waals surface area contributed by atoms with Gasteiger partial charge in [0.05, 0.1) is 17.6 Å². The standard InChI is InChI=1S/C28H30FN7O2/c1-34(2)22-10-12-36(18-22)21-6-4-5-20(13-21)32-28(37)33-26-8-7-23(14-25(26)29)38-24-9-11-30-27(15-24)19-16-31-35(3)17-19/h4-9,11,13-17,22H,10,12,18H2,1-3H3,(H2,32,33,37). The molecule has 0 aliphatic carbocycles. The molecule has 0 bridgehead atoms. The number of pyridine rings is 1. The van der Waals surface area contributed by atoms with Gasteiger partial charge in [0.2, 0.25) is 0 Å². The third-order valence-electron chi connectivity index (χ3n) is 6.52. The van der Waals surface area contributed by atoms with Crippen molar-refractivity contribution in [2.45, 2.75) is 12.5 Å². The second-order valence-electron chi connectivity index (χ2n) is 9.50. The summed E-state index contributed by atoms with van der Waals surface area (Å²) in [6, 6.07) is 15.4. The average Bonchev–Trinajstić information content (AvgIpc) is 3.56. The Morgan fingerprint density at radius 1 is 1.11 bits per heavy atom. The first-order chi connectivity index (χ1) is 18.3. The fraction of sp³-hybridized carbons (Fsp3) is 0.250. The van der Waals surface area contributed by atoms with Gasteiger partial charge in [0, 0.05) is 67.6 Å². The molecule has 1 unspecified atom stereocenters. The number of amides is 2. The van der Waals surface area contributed by atoms with Crippen LogP contribution in [0.1, 0.15) is 6.42 Å². The Labute approximate surface area is 220 Å². The van der Waals surface area contributed by atoms with Gasteiger partial charge in [-0.05, 0) is 56.9 Å². The number of ether oxygens (including phenoxy) is 1. The molecule has 1 aliphatic rings. The summed E-state index contributed by atoms with van der Waals surface area (Å²) in [6.07, 6.45) is 6.27. The van der Waals surface area contributed by atoms with E-state index in [4.69, 9.17) is 4.74 Å². The lowest BCUT2D eigenvalue weighted by Crippen LogP contribution is -2.31. The van der Waals surface area contributed by atoms with E-state index in [0.29, 0.717) is 28.9 Å². The Bertz CT molecular complexity index is 1440. The maximum atomic E-state index is 14.8. The lowest BCUT2D eigenvalue weighted by molar-refractivity contribution is 0.262. The van der Waals surface area contributed by atoms with E-state index in [9.17, 15) is 9.18 Å². The van der Waals surface area contributed by atoms with Gasteiger partial charge < -0.3 is 25.2 Å². The highest BCUT2D eigenvalue weighted by Crippen LogP contribution is 2.29. The highest BCUT2D eigenvalue weighted by molar-refractivity contribution is 6.00. The third-order valence-corrected chi connectivity index (χ3v) is 6.52. The molecule has 5 rings (SSSR count). The summed E-state index contributed by atoms with van der Waals surface area (Å²) in [7, 11) is 6.01. The fourth-order valence-electron chi connectivity index (χ4n) is 4.45. The minimum absolute atomic E-state index is 0.0464. The molecule has 0 saturated carbocycles. The Hall–Kier alpha value is -4.44. The summed E-state index contributed by atoms with van der Waals surface area (Å²) in [5.41, 5.74) is 3.26. The van der Waals surface area contributed by atoms with Crippen molar-refractivity contribution >= 4 is 23.1 Å². The number of anilines is 3. The van der Waals surface area contributed by atoms with E-state index in [1.165, 1.54) is 12.1 Å². The van der Waals surface area contributed by atoms with E-state index >= 15 is 0 Å². The lowest BCUT2D eigenvalue weighted by Gasteiger charge is -2.22. The molecule has 3 heterocycles. The van der Waals surface area contributed by atoms with Crippen LogP contribution in [0, 0.1) is 5.82 Å². The summed E-state index contributed by atoms with van der Waals surface area (Å²) in [4.78, 5) is 21.5. The van der Waals surface area contributed by atoms with Crippen LogP contribution in [0.2, 0.25) is 0 Å². The number of benzene rings is 2. The molecular weight excluding hydrogens is 485 g/mol. The van der Waals surface area contributed by atoms with Crippen molar-refractivity contribution in [3.8, 4) is 22.8 Å².